The summed E-state index contributed by atoms with van der Waals surface area (Å²) in [5.41, 5.74) is 0.142. The quantitative estimate of drug-likeness (QED) is 0.534. The van der Waals surface area contributed by atoms with E-state index in [1.807, 2.05) is 0 Å². The number of hydrogen-bond donors (Lipinski definition) is 0. The van der Waals surface area contributed by atoms with E-state index in [-0.39, 0.29) is 16.4 Å². The Morgan fingerprint density at radius 1 is 1.03 bits per heavy atom. The van der Waals surface area contributed by atoms with Gasteiger partial charge in [0, 0.05) is 0 Å². The van der Waals surface area contributed by atoms with Gasteiger partial charge in [0.15, 0.2) is 5.78 Å². The van der Waals surface area contributed by atoms with Crippen molar-refractivity contribution in [3.05, 3.63) is 57.2 Å². The lowest BCUT2D eigenvalue weighted by molar-refractivity contribution is -0.154. The van der Waals surface area contributed by atoms with Crippen LogP contribution in [0.3, 0.4) is 0 Å². The Balaban J connectivity index is 1.71. The Bertz CT molecular complexity index is 951. The molecule has 0 N–H and O–H groups in total. The molecule has 2 aliphatic rings. The molecule has 2 atom stereocenters. The molecule has 2 aromatic rings. The summed E-state index contributed by atoms with van der Waals surface area (Å²) in [5, 5.41) is 3.83. The Labute approximate surface area is 177 Å². The lowest BCUT2D eigenvalue weighted by Gasteiger charge is -2.30. The Hall–Kier alpha value is -2.51. The second-order valence-electron chi connectivity index (χ2n) is 7.23. The van der Waals surface area contributed by atoms with Crippen molar-refractivity contribution in [2.45, 2.75) is 25.7 Å². The number of thiophene rings is 1. The van der Waals surface area contributed by atoms with Gasteiger partial charge in [0.1, 0.15) is 6.54 Å². The highest BCUT2D eigenvalue weighted by molar-refractivity contribution is 7.12. The Kier molecular flexibility index (Phi) is 5.52. The molecule has 8 heteroatoms. The van der Waals surface area contributed by atoms with E-state index in [0.29, 0.717) is 17.7 Å². The fraction of sp³-hybridized carbons (Fsp3) is 0.333. The van der Waals surface area contributed by atoms with E-state index in [1.54, 1.807) is 35.7 Å². The van der Waals surface area contributed by atoms with Crippen LogP contribution in [0.5, 0.6) is 0 Å². The van der Waals surface area contributed by atoms with Crippen molar-refractivity contribution < 1.29 is 19.2 Å². The Morgan fingerprint density at radius 3 is 2.28 bits per heavy atom. The van der Waals surface area contributed by atoms with Gasteiger partial charge in [-0.15, -0.1) is 11.3 Å². The van der Waals surface area contributed by atoms with Crippen molar-refractivity contribution in [1.82, 2.24) is 10.0 Å². The predicted molar refractivity (Wildman–Crippen MR) is 108 cm³/mol. The summed E-state index contributed by atoms with van der Waals surface area (Å²) in [4.78, 5) is 52.6. The molecule has 150 valence electrons. The fourth-order valence-electron chi connectivity index (χ4n) is 4.04. The average molecular weight is 431 g/mol. The zero-order chi connectivity index (χ0) is 20.5. The van der Waals surface area contributed by atoms with Gasteiger partial charge in [-0.2, -0.15) is 5.01 Å². The number of nitrogens with zero attached hydrogens (tertiary/aromatic N) is 2. The zero-order valence-electron chi connectivity index (χ0n) is 15.5. The van der Waals surface area contributed by atoms with Crippen molar-refractivity contribution in [2.75, 3.05) is 6.54 Å². The summed E-state index contributed by atoms with van der Waals surface area (Å²) in [6.07, 6.45) is 3.00. The van der Waals surface area contributed by atoms with Gasteiger partial charge in [-0.1, -0.05) is 42.6 Å². The first-order chi connectivity index (χ1) is 14.0. The zero-order valence-corrected chi connectivity index (χ0v) is 17.1. The monoisotopic (exact) mass is 430 g/mol. The molecule has 1 aromatic heterocycles. The maximum Gasteiger partial charge on any atom is 0.274 e. The number of imide groups is 1. The molecule has 0 radical (unpaired) electrons. The average Bonchev–Trinajstić information content (AvgIpc) is 3.35. The van der Waals surface area contributed by atoms with E-state index in [4.69, 9.17) is 11.6 Å². The lowest BCUT2D eigenvalue weighted by atomic mass is 9.81. The molecule has 0 unspecified atom stereocenters. The number of halogens is 1. The van der Waals surface area contributed by atoms with Crippen LogP contribution in [0.4, 0.5) is 0 Å². The van der Waals surface area contributed by atoms with E-state index >= 15 is 0 Å². The van der Waals surface area contributed by atoms with Crippen LogP contribution in [0, 0.1) is 11.8 Å². The van der Waals surface area contributed by atoms with Crippen molar-refractivity contribution in [3.8, 4) is 0 Å². The number of amides is 3. The summed E-state index contributed by atoms with van der Waals surface area (Å²) in [6, 6.07) is 9.79. The highest BCUT2D eigenvalue weighted by Crippen LogP contribution is 2.39. The largest absolute Gasteiger partial charge is 0.291 e. The lowest BCUT2D eigenvalue weighted by Crippen LogP contribution is -2.52. The van der Waals surface area contributed by atoms with E-state index in [0.717, 1.165) is 22.9 Å². The topological polar surface area (TPSA) is 74.8 Å². The fourth-order valence-corrected chi connectivity index (χ4v) is 4.91. The first kappa shape index (κ1) is 19.8. The minimum atomic E-state index is -0.638. The summed E-state index contributed by atoms with van der Waals surface area (Å²) in [6.45, 7) is -0.401. The highest BCUT2D eigenvalue weighted by atomic mass is 35.5. The molecule has 1 saturated carbocycles. The van der Waals surface area contributed by atoms with E-state index < -0.39 is 36.1 Å². The third-order valence-electron chi connectivity index (χ3n) is 5.49. The van der Waals surface area contributed by atoms with E-state index in [2.05, 4.69) is 0 Å². The van der Waals surface area contributed by atoms with Crippen LogP contribution in [0.15, 0.2) is 41.8 Å². The molecule has 1 aliphatic carbocycles. The number of ketones is 1. The molecule has 6 nitrogen and oxygen atoms in total. The molecule has 1 saturated heterocycles. The van der Waals surface area contributed by atoms with E-state index in [1.165, 1.54) is 17.4 Å². The van der Waals surface area contributed by atoms with Gasteiger partial charge in [0.2, 0.25) is 0 Å². The van der Waals surface area contributed by atoms with Gasteiger partial charge in [-0.05, 0) is 36.4 Å². The number of carbonyl (C=O) groups excluding carboxylic acids is 4. The number of hydrazine groups is 1. The third kappa shape index (κ3) is 3.60. The Morgan fingerprint density at radius 2 is 1.69 bits per heavy atom. The summed E-state index contributed by atoms with van der Waals surface area (Å²) in [5.74, 6) is -2.63. The van der Waals surface area contributed by atoms with Crippen molar-refractivity contribution in [3.63, 3.8) is 0 Å². The number of carbonyl (C=O) groups is 4. The van der Waals surface area contributed by atoms with Crippen LogP contribution in [-0.4, -0.2) is 40.1 Å². The summed E-state index contributed by atoms with van der Waals surface area (Å²) < 4.78 is 0. The first-order valence-electron chi connectivity index (χ1n) is 9.50. The molecule has 1 aromatic carbocycles. The van der Waals surface area contributed by atoms with Gasteiger partial charge in [-0.25, -0.2) is 5.01 Å². The molecule has 2 fully saturated rings. The molecule has 3 amide bonds. The number of Topliss-reactive ketones (excluding diaryl/α,β-unsaturated/α-hetero) is 1. The molecule has 1 aliphatic heterocycles. The number of rotatable bonds is 5. The van der Waals surface area contributed by atoms with E-state index in [9.17, 15) is 19.2 Å². The predicted octanol–water partition coefficient (Wildman–Crippen LogP) is 3.82. The summed E-state index contributed by atoms with van der Waals surface area (Å²) >= 11 is 7.43. The molecule has 0 bridgehead atoms. The smallest absolute Gasteiger partial charge is 0.274 e. The number of fused-ring (bicyclic) bond motifs is 1. The van der Waals surface area contributed by atoms with Crippen LogP contribution in [0.2, 0.25) is 5.02 Å². The normalized spacial score (nSPS) is 21.2. The van der Waals surface area contributed by atoms with Crippen LogP contribution in [0.25, 0.3) is 0 Å². The molecule has 4 rings (SSSR count). The van der Waals surface area contributed by atoms with Crippen LogP contribution in [-0.2, 0) is 9.59 Å². The number of hydrogen-bond acceptors (Lipinski definition) is 5. The van der Waals surface area contributed by atoms with Crippen molar-refractivity contribution in [2.24, 2.45) is 11.8 Å². The number of benzene rings is 1. The molecule has 2 heterocycles. The second kappa shape index (κ2) is 8.08. The van der Waals surface area contributed by atoms with Crippen molar-refractivity contribution in [1.29, 1.82) is 0 Å². The minimum absolute atomic E-state index is 0.142. The maximum absolute atomic E-state index is 13.3. The van der Waals surface area contributed by atoms with Gasteiger partial charge in [-0.3, -0.25) is 19.2 Å². The highest BCUT2D eigenvalue weighted by Gasteiger charge is 2.51. The van der Waals surface area contributed by atoms with Crippen LogP contribution >= 0.6 is 22.9 Å². The molecular formula is C21H19ClN2O4S. The molecular weight excluding hydrogens is 412 g/mol. The van der Waals surface area contributed by atoms with Gasteiger partial charge in [0.05, 0.1) is 27.3 Å². The minimum Gasteiger partial charge on any atom is -0.291 e. The van der Waals surface area contributed by atoms with Crippen molar-refractivity contribution >= 4 is 46.4 Å². The van der Waals surface area contributed by atoms with Gasteiger partial charge < -0.3 is 0 Å². The first-order valence-corrected chi connectivity index (χ1v) is 10.8. The van der Waals surface area contributed by atoms with Gasteiger partial charge in [0.25, 0.3) is 17.7 Å². The molecule has 29 heavy (non-hydrogen) atoms. The van der Waals surface area contributed by atoms with Crippen LogP contribution in [0.1, 0.15) is 45.7 Å². The van der Waals surface area contributed by atoms with Crippen LogP contribution < -0.4 is 0 Å². The maximum atomic E-state index is 13.3. The third-order valence-corrected chi connectivity index (χ3v) is 6.73. The standard InChI is InChI=1S/C21H19ClN2O4S/c22-16-9-4-3-8-15(16)19(26)23(12-17(25)18-10-5-11-29-18)24-20(27)13-6-1-2-7-14(13)21(24)28/h3-5,8-11,13-14H,1-2,6-7,12H2/t13-,14-/m1/s1. The summed E-state index contributed by atoms with van der Waals surface area (Å²) in [7, 11) is 0. The SMILES string of the molecule is O=C(CN(C(=O)c1ccccc1Cl)N1C(=O)[C@@H]2CCCC[C@H]2C1=O)c1cccs1. The van der Waals surface area contributed by atoms with Gasteiger partial charge >= 0.3 is 0 Å². The molecule has 0 spiro atoms. The second-order valence-corrected chi connectivity index (χ2v) is 8.58.